The lowest BCUT2D eigenvalue weighted by molar-refractivity contribution is -0.133. The summed E-state index contributed by atoms with van der Waals surface area (Å²) in [7, 11) is 0. The molecule has 4 rings (SSSR count). The van der Waals surface area contributed by atoms with E-state index in [1.807, 2.05) is 0 Å². The van der Waals surface area contributed by atoms with Crippen molar-refractivity contribution in [2.75, 3.05) is 25.0 Å². The molecule has 0 bridgehead atoms. The van der Waals surface area contributed by atoms with Crippen LogP contribution in [0.3, 0.4) is 0 Å². The number of halogens is 1. The van der Waals surface area contributed by atoms with Gasteiger partial charge in [-0.1, -0.05) is 38.1 Å². The highest BCUT2D eigenvalue weighted by Gasteiger charge is 2.49. The van der Waals surface area contributed by atoms with Gasteiger partial charge in [0.05, 0.1) is 11.3 Å². The Balaban J connectivity index is 1.47. The molecule has 2 heterocycles. The highest BCUT2D eigenvalue weighted by atomic mass is 19.1. The fourth-order valence-electron chi connectivity index (χ4n) is 4.93. The molecule has 2 aromatic rings. The number of anilines is 1. The van der Waals surface area contributed by atoms with Crippen LogP contribution in [0.5, 0.6) is 0 Å². The number of piperidine rings is 1. The lowest BCUT2D eigenvalue weighted by Crippen LogP contribution is -2.43. The molecule has 5 amide bonds. The summed E-state index contributed by atoms with van der Waals surface area (Å²) in [6.45, 7) is 6.50. The van der Waals surface area contributed by atoms with Gasteiger partial charge in [0.15, 0.2) is 0 Å². The minimum atomic E-state index is -1.42. The number of benzene rings is 2. The fourth-order valence-corrected chi connectivity index (χ4v) is 4.93. The van der Waals surface area contributed by atoms with Gasteiger partial charge in [-0.05, 0) is 55.0 Å². The molecule has 0 aromatic heterocycles. The quantitative estimate of drug-likeness (QED) is 0.641. The average molecular weight is 481 g/mol. The molecule has 2 N–H and O–H groups in total. The first-order chi connectivity index (χ1) is 16.6. The van der Waals surface area contributed by atoms with Crippen molar-refractivity contribution in [1.82, 2.24) is 15.1 Å². The summed E-state index contributed by atoms with van der Waals surface area (Å²) >= 11 is 0. The van der Waals surface area contributed by atoms with Crippen LogP contribution in [0.1, 0.15) is 43.1 Å². The second kappa shape index (κ2) is 9.48. The molecule has 184 valence electrons. The van der Waals surface area contributed by atoms with E-state index in [-0.39, 0.29) is 5.91 Å². The first-order valence-electron chi connectivity index (χ1n) is 11.7. The van der Waals surface area contributed by atoms with Gasteiger partial charge >= 0.3 is 6.03 Å². The topological polar surface area (TPSA) is 98.8 Å². The number of nitrogens with one attached hydrogen (secondary N) is 2. The van der Waals surface area contributed by atoms with E-state index in [2.05, 4.69) is 24.5 Å². The van der Waals surface area contributed by atoms with Crippen LogP contribution in [0.15, 0.2) is 48.5 Å². The van der Waals surface area contributed by atoms with Crippen molar-refractivity contribution in [1.29, 1.82) is 0 Å². The zero-order chi connectivity index (χ0) is 25.3. The van der Waals surface area contributed by atoms with Crippen LogP contribution in [-0.2, 0) is 15.1 Å². The number of nitrogens with zero attached hydrogens (tertiary/aromatic N) is 2. The van der Waals surface area contributed by atoms with Gasteiger partial charge in [0, 0.05) is 13.1 Å². The molecule has 2 fully saturated rings. The van der Waals surface area contributed by atoms with Gasteiger partial charge in [-0.25, -0.2) is 9.18 Å². The van der Waals surface area contributed by atoms with E-state index < -0.39 is 35.7 Å². The molecular weight excluding hydrogens is 451 g/mol. The molecule has 2 aliphatic rings. The highest BCUT2D eigenvalue weighted by Crippen LogP contribution is 2.29. The minimum absolute atomic E-state index is 0.168. The number of carbonyl (C=O) groups is 4. The number of rotatable bonds is 5. The molecular formula is C26H29FN4O4. The maximum absolute atomic E-state index is 13.3. The van der Waals surface area contributed by atoms with E-state index in [9.17, 15) is 23.6 Å². The molecule has 0 radical (unpaired) electrons. The van der Waals surface area contributed by atoms with E-state index >= 15 is 0 Å². The standard InChI is InChI=1S/C26H29FN4O4/c1-16-12-17(2)14-30(13-16)23(33)20-6-4-5-7-21(20)28-22(32)15-31-24(34)26(3,29-25(31)35)18-8-10-19(27)11-9-18/h4-11,16-17H,12-15H2,1-3H3,(H,28,32)(H,29,35). The Morgan fingerprint density at radius 3 is 2.34 bits per heavy atom. The van der Waals surface area contributed by atoms with Crippen LogP contribution in [0, 0.1) is 17.7 Å². The Bertz CT molecular complexity index is 1160. The van der Waals surface area contributed by atoms with Crippen LogP contribution in [0.2, 0.25) is 0 Å². The van der Waals surface area contributed by atoms with E-state index in [1.165, 1.54) is 31.2 Å². The van der Waals surface area contributed by atoms with E-state index in [4.69, 9.17) is 0 Å². The predicted molar refractivity (Wildman–Crippen MR) is 128 cm³/mol. The largest absolute Gasteiger partial charge is 0.338 e. The maximum Gasteiger partial charge on any atom is 0.325 e. The average Bonchev–Trinajstić information content (AvgIpc) is 3.02. The Morgan fingerprint density at radius 1 is 1.06 bits per heavy atom. The second-order valence-corrected chi connectivity index (χ2v) is 9.70. The third kappa shape index (κ3) is 4.89. The number of imide groups is 1. The molecule has 0 saturated carbocycles. The number of urea groups is 1. The summed E-state index contributed by atoms with van der Waals surface area (Å²) in [5.41, 5.74) is -0.334. The Labute approximate surface area is 203 Å². The van der Waals surface area contributed by atoms with Gasteiger partial charge in [0.25, 0.3) is 11.8 Å². The summed E-state index contributed by atoms with van der Waals surface area (Å²) in [4.78, 5) is 54.3. The van der Waals surface area contributed by atoms with Crippen molar-refractivity contribution in [3.05, 3.63) is 65.5 Å². The number of likely N-dealkylation sites (tertiary alicyclic amines) is 1. The van der Waals surface area contributed by atoms with Crippen molar-refractivity contribution in [3.8, 4) is 0 Å². The second-order valence-electron chi connectivity index (χ2n) is 9.70. The van der Waals surface area contributed by atoms with Crippen molar-refractivity contribution < 1.29 is 23.6 Å². The van der Waals surface area contributed by atoms with Crippen LogP contribution in [0.4, 0.5) is 14.9 Å². The third-order valence-corrected chi connectivity index (χ3v) is 6.59. The molecule has 2 aromatic carbocycles. The Kier molecular flexibility index (Phi) is 6.60. The summed E-state index contributed by atoms with van der Waals surface area (Å²) in [6, 6.07) is 11.2. The normalized spacial score (nSPS) is 24.3. The first kappa shape index (κ1) is 24.4. The lowest BCUT2D eigenvalue weighted by atomic mass is 9.91. The van der Waals surface area contributed by atoms with Gasteiger partial charge < -0.3 is 15.5 Å². The van der Waals surface area contributed by atoms with Crippen molar-refractivity contribution in [3.63, 3.8) is 0 Å². The Morgan fingerprint density at radius 2 is 1.69 bits per heavy atom. The summed E-state index contributed by atoms with van der Waals surface area (Å²) < 4.78 is 13.3. The molecule has 3 atom stereocenters. The maximum atomic E-state index is 13.3. The number of para-hydroxylation sites is 1. The smallest absolute Gasteiger partial charge is 0.325 e. The first-order valence-corrected chi connectivity index (χ1v) is 11.7. The van der Waals surface area contributed by atoms with Crippen LogP contribution in [0.25, 0.3) is 0 Å². The number of hydrogen-bond acceptors (Lipinski definition) is 4. The minimum Gasteiger partial charge on any atom is -0.338 e. The summed E-state index contributed by atoms with van der Waals surface area (Å²) in [6.07, 6.45) is 1.06. The molecule has 9 heteroatoms. The van der Waals surface area contributed by atoms with Gasteiger partial charge in [0.2, 0.25) is 5.91 Å². The molecule has 3 unspecified atom stereocenters. The van der Waals surface area contributed by atoms with Crippen LogP contribution >= 0.6 is 0 Å². The van der Waals surface area contributed by atoms with Crippen LogP contribution in [-0.4, -0.2) is 53.2 Å². The molecule has 0 spiro atoms. The number of hydrogen-bond donors (Lipinski definition) is 2. The molecule has 2 saturated heterocycles. The third-order valence-electron chi connectivity index (χ3n) is 6.59. The SMILES string of the molecule is CC1CC(C)CN(C(=O)c2ccccc2NC(=O)CN2C(=O)NC(C)(c3ccc(F)cc3)C2=O)C1. The van der Waals surface area contributed by atoms with E-state index in [0.717, 1.165) is 11.3 Å². The zero-order valence-corrected chi connectivity index (χ0v) is 20.0. The van der Waals surface area contributed by atoms with E-state index in [1.54, 1.807) is 29.2 Å². The highest BCUT2D eigenvalue weighted by molar-refractivity contribution is 6.11. The summed E-state index contributed by atoms with van der Waals surface area (Å²) in [5.74, 6) is -1.09. The van der Waals surface area contributed by atoms with Crippen LogP contribution < -0.4 is 10.6 Å². The number of amides is 5. The van der Waals surface area contributed by atoms with Crippen molar-refractivity contribution >= 4 is 29.4 Å². The van der Waals surface area contributed by atoms with Gasteiger partial charge in [-0.3, -0.25) is 19.3 Å². The van der Waals surface area contributed by atoms with Gasteiger partial charge in [-0.15, -0.1) is 0 Å². The molecule has 0 aliphatic carbocycles. The van der Waals surface area contributed by atoms with Gasteiger partial charge in [0.1, 0.15) is 17.9 Å². The Hall–Kier alpha value is -3.75. The molecule has 35 heavy (non-hydrogen) atoms. The fraction of sp³-hybridized carbons (Fsp3) is 0.385. The summed E-state index contributed by atoms with van der Waals surface area (Å²) in [5, 5.41) is 5.28. The predicted octanol–water partition coefficient (Wildman–Crippen LogP) is 3.35. The van der Waals surface area contributed by atoms with Crippen molar-refractivity contribution in [2.45, 2.75) is 32.7 Å². The lowest BCUT2D eigenvalue weighted by Gasteiger charge is -2.35. The zero-order valence-electron chi connectivity index (χ0n) is 20.0. The van der Waals surface area contributed by atoms with Gasteiger partial charge in [-0.2, -0.15) is 0 Å². The van der Waals surface area contributed by atoms with Crippen molar-refractivity contribution in [2.24, 2.45) is 11.8 Å². The molecule has 8 nitrogen and oxygen atoms in total. The van der Waals surface area contributed by atoms with E-state index in [0.29, 0.717) is 41.7 Å². The molecule has 2 aliphatic heterocycles. The monoisotopic (exact) mass is 480 g/mol. The number of carbonyl (C=O) groups excluding carboxylic acids is 4.